The Hall–Kier alpha value is -1.07. The molecular formula is C10H12ClNO3S. The van der Waals surface area contributed by atoms with Crippen molar-refractivity contribution in [3.05, 3.63) is 34.9 Å². The fourth-order valence-electron chi connectivity index (χ4n) is 1.10. The predicted octanol–water partition coefficient (Wildman–Crippen LogP) is 1.70. The molecule has 0 radical (unpaired) electrons. The van der Waals surface area contributed by atoms with Gasteiger partial charge < -0.3 is 0 Å². The van der Waals surface area contributed by atoms with Crippen LogP contribution in [0, 0.1) is 0 Å². The minimum absolute atomic E-state index is 0.127. The van der Waals surface area contributed by atoms with Crippen LogP contribution in [0.5, 0.6) is 0 Å². The molecule has 1 rings (SSSR count). The zero-order valence-electron chi connectivity index (χ0n) is 8.73. The van der Waals surface area contributed by atoms with Crippen molar-refractivity contribution < 1.29 is 13.2 Å². The molecule has 1 N–H and O–H groups in total. The van der Waals surface area contributed by atoms with Gasteiger partial charge in [0, 0.05) is 11.4 Å². The highest BCUT2D eigenvalue weighted by atomic mass is 35.5. The lowest BCUT2D eigenvalue weighted by Crippen LogP contribution is -2.30. The van der Waals surface area contributed by atoms with Crippen LogP contribution in [0.25, 0.3) is 0 Å². The zero-order valence-corrected chi connectivity index (χ0v) is 10.3. The van der Waals surface area contributed by atoms with E-state index in [4.69, 9.17) is 11.6 Å². The molecule has 0 aliphatic carbocycles. The molecule has 1 aromatic rings. The van der Waals surface area contributed by atoms with Gasteiger partial charge in [-0.25, -0.2) is 8.42 Å². The number of halogens is 1. The molecular weight excluding hydrogens is 250 g/mol. The second-order valence-electron chi connectivity index (χ2n) is 3.23. The van der Waals surface area contributed by atoms with Crippen LogP contribution >= 0.6 is 11.6 Å². The molecule has 0 fully saturated rings. The van der Waals surface area contributed by atoms with Gasteiger partial charge in [-0.1, -0.05) is 36.7 Å². The number of carbonyl (C=O) groups excluding carboxylic acids is 1. The van der Waals surface area contributed by atoms with Gasteiger partial charge in [0.25, 0.3) is 0 Å². The summed E-state index contributed by atoms with van der Waals surface area (Å²) in [6.45, 7) is 1.58. The van der Waals surface area contributed by atoms with Crippen LogP contribution in [0.15, 0.2) is 24.3 Å². The maximum Gasteiger partial charge on any atom is 0.239 e. The van der Waals surface area contributed by atoms with Gasteiger partial charge in [-0.15, -0.1) is 0 Å². The summed E-state index contributed by atoms with van der Waals surface area (Å²) >= 11 is 5.82. The summed E-state index contributed by atoms with van der Waals surface area (Å²) in [6, 6.07) is 6.62. The van der Waals surface area contributed by atoms with Gasteiger partial charge >= 0.3 is 0 Å². The summed E-state index contributed by atoms with van der Waals surface area (Å²) in [5, 5.41) is 0.372. The summed E-state index contributed by atoms with van der Waals surface area (Å²) < 4.78 is 25.0. The van der Waals surface area contributed by atoms with Gasteiger partial charge in [-0.2, -0.15) is 0 Å². The molecule has 0 bridgehead atoms. The van der Waals surface area contributed by atoms with E-state index in [1.54, 1.807) is 31.2 Å². The fourth-order valence-corrected chi connectivity index (χ4v) is 2.61. The van der Waals surface area contributed by atoms with E-state index in [0.717, 1.165) is 0 Å². The van der Waals surface area contributed by atoms with E-state index in [2.05, 4.69) is 0 Å². The number of hydrogen-bond acceptors (Lipinski definition) is 3. The van der Waals surface area contributed by atoms with E-state index in [1.165, 1.54) is 0 Å². The maximum atomic E-state index is 11.5. The van der Waals surface area contributed by atoms with E-state index >= 15 is 0 Å². The Morgan fingerprint density at radius 1 is 1.38 bits per heavy atom. The first-order valence-electron chi connectivity index (χ1n) is 4.71. The molecule has 0 atom stereocenters. The van der Waals surface area contributed by atoms with Gasteiger partial charge in [-0.05, 0) is 11.6 Å². The Morgan fingerprint density at radius 2 is 2.00 bits per heavy atom. The van der Waals surface area contributed by atoms with Crippen LogP contribution in [0.2, 0.25) is 5.02 Å². The third-order valence-corrected chi connectivity index (χ3v) is 3.49. The van der Waals surface area contributed by atoms with Crippen molar-refractivity contribution in [3.8, 4) is 0 Å². The Labute approximate surface area is 99.7 Å². The molecule has 0 aliphatic rings. The van der Waals surface area contributed by atoms with Crippen molar-refractivity contribution in [2.75, 3.05) is 0 Å². The standard InChI is InChI=1S/C10H12ClNO3S/c1-2-10(13)12-16(14,15)7-8-5-3-4-6-9(8)11/h3-6H,2,7H2,1H3,(H,12,13). The lowest BCUT2D eigenvalue weighted by molar-refractivity contribution is -0.119. The summed E-state index contributed by atoms with van der Waals surface area (Å²) in [7, 11) is -3.65. The highest BCUT2D eigenvalue weighted by Crippen LogP contribution is 2.17. The molecule has 1 amide bonds. The van der Waals surface area contributed by atoms with E-state index in [9.17, 15) is 13.2 Å². The number of carbonyl (C=O) groups is 1. The van der Waals surface area contributed by atoms with Crippen molar-refractivity contribution in [2.45, 2.75) is 19.1 Å². The van der Waals surface area contributed by atoms with Gasteiger partial charge in [0.1, 0.15) is 0 Å². The van der Waals surface area contributed by atoms with Crippen LogP contribution in [0.4, 0.5) is 0 Å². The minimum atomic E-state index is -3.65. The summed E-state index contributed by atoms with van der Waals surface area (Å²) in [4.78, 5) is 11.0. The smallest absolute Gasteiger partial charge is 0.239 e. The lowest BCUT2D eigenvalue weighted by Gasteiger charge is -2.06. The van der Waals surface area contributed by atoms with E-state index in [0.29, 0.717) is 10.6 Å². The molecule has 88 valence electrons. The first-order valence-corrected chi connectivity index (χ1v) is 6.74. The highest BCUT2D eigenvalue weighted by Gasteiger charge is 2.15. The quantitative estimate of drug-likeness (QED) is 0.897. The van der Waals surface area contributed by atoms with E-state index in [1.807, 2.05) is 4.72 Å². The van der Waals surface area contributed by atoms with E-state index < -0.39 is 15.9 Å². The number of sulfonamides is 1. The average molecular weight is 262 g/mol. The molecule has 0 aliphatic heterocycles. The van der Waals surface area contributed by atoms with Crippen molar-refractivity contribution in [3.63, 3.8) is 0 Å². The zero-order chi connectivity index (χ0) is 12.2. The third-order valence-electron chi connectivity index (χ3n) is 1.89. The van der Waals surface area contributed by atoms with Crippen LogP contribution in [-0.4, -0.2) is 14.3 Å². The fraction of sp³-hybridized carbons (Fsp3) is 0.300. The molecule has 0 saturated heterocycles. The summed E-state index contributed by atoms with van der Waals surface area (Å²) in [5.41, 5.74) is 0.473. The van der Waals surface area contributed by atoms with Gasteiger partial charge in [0.15, 0.2) is 0 Å². The number of benzene rings is 1. The van der Waals surface area contributed by atoms with Crippen LogP contribution in [0.3, 0.4) is 0 Å². The van der Waals surface area contributed by atoms with Crippen LogP contribution in [-0.2, 0) is 20.6 Å². The van der Waals surface area contributed by atoms with Crippen molar-refractivity contribution in [1.29, 1.82) is 0 Å². The van der Waals surface area contributed by atoms with Crippen molar-refractivity contribution in [1.82, 2.24) is 4.72 Å². The second-order valence-corrected chi connectivity index (χ2v) is 5.36. The molecule has 0 spiro atoms. The molecule has 1 aromatic carbocycles. The average Bonchev–Trinajstić information content (AvgIpc) is 2.20. The molecule has 0 saturated carbocycles. The van der Waals surface area contributed by atoms with Crippen LogP contribution < -0.4 is 4.72 Å². The molecule has 0 aromatic heterocycles. The van der Waals surface area contributed by atoms with Crippen LogP contribution in [0.1, 0.15) is 18.9 Å². The molecule has 6 heteroatoms. The van der Waals surface area contributed by atoms with Crippen molar-refractivity contribution >= 4 is 27.5 Å². The first kappa shape index (κ1) is 13.0. The minimum Gasteiger partial charge on any atom is -0.274 e. The third kappa shape index (κ3) is 3.83. The normalized spacial score (nSPS) is 11.1. The molecule has 4 nitrogen and oxygen atoms in total. The topological polar surface area (TPSA) is 63.2 Å². The Kier molecular flexibility index (Phi) is 4.32. The Morgan fingerprint density at radius 3 is 2.56 bits per heavy atom. The van der Waals surface area contributed by atoms with Gasteiger partial charge in [-0.3, -0.25) is 9.52 Å². The summed E-state index contributed by atoms with van der Waals surface area (Å²) in [6.07, 6.45) is 0.127. The predicted molar refractivity (Wildman–Crippen MR) is 62.5 cm³/mol. The maximum absolute atomic E-state index is 11.5. The first-order chi connectivity index (χ1) is 7.44. The summed E-state index contributed by atoms with van der Waals surface area (Å²) in [5.74, 6) is -0.814. The molecule has 0 heterocycles. The Balaban J connectivity index is 2.81. The SMILES string of the molecule is CCC(=O)NS(=O)(=O)Cc1ccccc1Cl. The number of nitrogens with one attached hydrogen (secondary N) is 1. The largest absolute Gasteiger partial charge is 0.274 e. The molecule has 0 unspecified atom stereocenters. The lowest BCUT2D eigenvalue weighted by atomic mass is 10.2. The van der Waals surface area contributed by atoms with Gasteiger partial charge in [0.05, 0.1) is 5.75 Å². The number of hydrogen-bond donors (Lipinski definition) is 1. The Bertz CT molecular complexity index is 485. The van der Waals surface area contributed by atoms with Crippen molar-refractivity contribution in [2.24, 2.45) is 0 Å². The number of amides is 1. The van der Waals surface area contributed by atoms with E-state index in [-0.39, 0.29) is 12.2 Å². The highest BCUT2D eigenvalue weighted by molar-refractivity contribution is 7.89. The molecule has 16 heavy (non-hydrogen) atoms. The number of rotatable bonds is 4. The van der Waals surface area contributed by atoms with Gasteiger partial charge in [0.2, 0.25) is 15.9 Å². The second kappa shape index (κ2) is 5.32. The monoisotopic (exact) mass is 261 g/mol.